The Morgan fingerprint density at radius 3 is 2.89 bits per heavy atom. The SMILES string of the molecule is CC(=O)NCC(=O)Nc1cnn(C2CCNCC2)c1. The maximum atomic E-state index is 11.5. The van der Waals surface area contributed by atoms with E-state index in [2.05, 4.69) is 21.0 Å². The number of nitrogens with zero attached hydrogens (tertiary/aromatic N) is 2. The number of piperidine rings is 1. The Morgan fingerprint density at radius 2 is 2.21 bits per heavy atom. The molecule has 19 heavy (non-hydrogen) atoms. The first kappa shape index (κ1) is 13.5. The summed E-state index contributed by atoms with van der Waals surface area (Å²) in [5.74, 6) is -0.472. The van der Waals surface area contributed by atoms with Crippen LogP contribution < -0.4 is 16.0 Å². The van der Waals surface area contributed by atoms with E-state index in [1.165, 1.54) is 6.92 Å². The van der Waals surface area contributed by atoms with Crippen LogP contribution in [-0.2, 0) is 9.59 Å². The highest BCUT2D eigenvalue weighted by molar-refractivity contribution is 5.93. The van der Waals surface area contributed by atoms with Crippen molar-refractivity contribution in [1.82, 2.24) is 20.4 Å². The summed E-state index contributed by atoms with van der Waals surface area (Å²) in [6.07, 6.45) is 5.55. The molecule has 0 unspecified atom stereocenters. The van der Waals surface area contributed by atoms with E-state index in [4.69, 9.17) is 0 Å². The van der Waals surface area contributed by atoms with Crippen molar-refractivity contribution in [1.29, 1.82) is 0 Å². The van der Waals surface area contributed by atoms with E-state index in [1.807, 2.05) is 10.9 Å². The van der Waals surface area contributed by atoms with Crippen LogP contribution in [0.1, 0.15) is 25.8 Å². The van der Waals surface area contributed by atoms with Gasteiger partial charge >= 0.3 is 0 Å². The molecule has 1 fully saturated rings. The zero-order valence-electron chi connectivity index (χ0n) is 11.0. The zero-order chi connectivity index (χ0) is 13.7. The Morgan fingerprint density at radius 1 is 1.47 bits per heavy atom. The van der Waals surface area contributed by atoms with Crippen LogP contribution in [0.4, 0.5) is 5.69 Å². The summed E-state index contributed by atoms with van der Waals surface area (Å²) in [7, 11) is 0. The molecule has 3 N–H and O–H groups in total. The summed E-state index contributed by atoms with van der Waals surface area (Å²) in [5.41, 5.74) is 0.661. The van der Waals surface area contributed by atoms with Crippen LogP contribution in [0.15, 0.2) is 12.4 Å². The van der Waals surface area contributed by atoms with Gasteiger partial charge in [-0.2, -0.15) is 5.10 Å². The molecule has 7 heteroatoms. The lowest BCUT2D eigenvalue weighted by molar-refractivity contribution is -0.122. The molecule has 0 saturated carbocycles. The molecular weight excluding hydrogens is 246 g/mol. The van der Waals surface area contributed by atoms with Gasteiger partial charge in [-0.15, -0.1) is 0 Å². The number of aromatic nitrogens is 2. The van der Waals surface area contributed by atoms with Gasteiger partial charge in [0.2, 0.25) is 11.8 Å². The van der Waals surface area contributed by atoms with Crippen LogP contribution in [0.25, 0.3) is 0 Å². The Hall–Kier alpha value is -1.89. The minimum atomic E-state index is -0.250. The van der Waals surface area contributed by atoms with Crippen molar-refractivity contribution < 1.29 is 9.59 Å². The van der Waals surface area contributed by atoms with Gasteiger partial charge < -0.3 is 16.0 Å². The molecule has 0 bridgehead atoms. The van der Waals surface area contributed by atoms with Crippen molar-refractivity contribution in [3.05, 3.63) is 12.4 Å². The van der Waals surface area contributed by atoms with E-state index in [-0.39, 0.29) is 18.4 Å². The second kappa shape index (κ2) is 6.33. The van der Waals surface area contributed by atoms with Crippen LogP contribution in [0.3, 0.4) is 0 Å². The van der Waals surface area contributed by atoms with Gasteiger partial charge in [0.15, 0.2) is 0 Å². The maximum Gasteiger partial charge on any atom is 0.243 e. The van der Waals surface area contributed by atoms with Gasteiger partial charge in [0, 0.05) is 13.1 Å². The van der Waals surface area contributed by atoms with E-state index in [1.54, 1.807) is 6.20 Å². The first-order valence-corrected chi connectivity index (χ1v) is 6.44. The average molecular weight is 265 g/mol. The number of anilines is 1. The second-order valence-corrected chi connectivity index (χ2v) is 4.65. The largest absolute Gasteiger partial charge is 0.347 e. The highest BCUT2D eigenvalue weighted by Gasteiger charge is 2.16. The molecule has 7 nitrogen and oxygen atoms in total. The fraction of sp³-hybridized carbons (Fsp3) is 0.583. The maximum absolute atomic E-state index is 11.5. The van der Waals surface area contributed by atoms with Crippen molar-refractivity contribution >= 4 is 17.5 Å². The number of carbonyl (C=O) groups is 2. The van der Waals surface area contributed by atoms with E-state index < -0.39 is 0 Å². The molecule has 2 rings (SSSR count). The van der Waals surface area contributed by atoms with E-state index in [9.17, 15) is 9.59 Å². The molecular formula is C12H19N5O2. The molecule has 0 spiro atoms. The smallest absolute Gasteiger partial charge is 0.243 e. The first-order chi connectivity index (χ1) is 9.15. The van der Waals surface area contributed by atoms with Gasteiger partial charge in [0.25, 0.3) is 0 Å². The lowest BCUT2D eigenvalue weighted by atomic mass is 10.1. The predicted octanol–water partition coefficient (Wildman–Crippen LogP) is -0.118. The van der Waals surface area contributed by atoms with E-state index in [0.29, 0.717) is 11.7 Å². The standard InChI is InChI=1S/C12H19N5O2/c1-9(18)14-7-12(19)16-10-6-15-17(8-10)11-2-4-13-5-3-11/h6,8,11,13H,2-5,7H2,1H3,(H,14,18)(H,16,19). The summed E-state index contributed by atoms with van der Waals surface area (Å²) >= 11 is 0. The van der Waals surface area contributed by atoms with Gasteiger partial charge in [0.05, 0.1) is 24.5 Å². The zero-order valence-corrected chi connectivity index (χ0v) is 11.0. The number of rotatable bonds is 4. The molecule has 104 valence electrons. The second-order valence-electron chi connectivity index (χ2n) is 4.65. The molecule has 0 atom stereocenters. The minimum absolute atomic E-state index is 0.0200. The Kier molecular flexibility index (Phi) is 4.51. The number of hydrogen-bond acceptors (Lipinski definition) is 4. The number of nitrogens with one attached hydrogen (secondary N) is 3. The normalized spacial score (nSPS) is 16.1. The quantitative estimate of drug-likeness (QED) is 0.708. The molecule has 2 amide bonds. The molecule has 1 saturated heterocycles. The molecule has 1 aromatic rings. The van der Waals surface area contributed by atoms with Crippen LogP contribution in [0.2, 0.25) is 0 Å². The summed E-state index contributed by atoms with van der Waals surface area (Å²) < 4.78 is 1.90. The van der Waals surface area contributed by atoms with Crippen LogP contribution >= 0.6 is 0 Å². The lowest BCUT2D eigenvalue weighted by Crippen LogP contribution is -2.31. The molecule has 0 aromatic carbocycles. The summed E-state index contributed by atoms with van der Waals surface area (Å²) in [4.78, 5) is 22.2. The Labute approximate surface area is 111 Å². The number of amides is 2. The van der Waals surface area contributed by atoms with Crippen molar-refractivity contribution in [2.75, 3.05) is 25.0 Å². The third-order valence-corrected chi connectivity index (χ3v) is 3.07. The topological polar surface area (TPSA) is 88.1 Å². The molecule has 0 radical (unpaired) electrons. The van der Waals surface area contributed by atoms with Crippen molar-refractivity contribution in [3.8, 4) is 0 Å². The van der Waals surface area contributed by atoms with Crippen molar-refractivity contribution in [2.24, 2.45) is 0 Å². The van der Waals surface area contributed by atoms with Crippen LogP contribution in [0, 0.1) is 0 Å². The predicted molar refractivity (Wildman–Crippen MR) is 70.7 cm³/mol. The number of hydrogen-bond donors (Lipinski definition) is 3. The third-order valence-electron chi connectivity index (χ3n) is 3.07. The fourth-order valence-corrected chi connectivity index (χ4v) is 2.08. The summed E-state index contributed by atoms with van der Waals surface area (Å²) in [6, 6.07) is 0.391. The summed E-state index contributed by atoms with van der Waals surface area (Å²) in [6.45, 7) is 3.35. The van der Waals surface area contributed by atoms with Gasteiger partial charge in [-0.3, -0.25) is 14.3 Å². The molecule has 1 aromatic heterocycles. The van der Waals surface area contributed by atoms with Gasteiger partial charge in [-0.05, 0) is 25.9 Å². The van der Waals surface area contributed by atoms with Crippen molar-refractivity contribution in [3.63, 3.8) is 0 Å². The number of carbonyl (C=O) groups excluding carboxylic acids is 2. The van der Waals surface area contributed by atoms with E-state index in [0.717, 1.165) is 25.9 Å². The van der Waals surface area contributed by atoms with Gasteiger partial charge in [-0.1, -0.05) is 0 Å². The Balaban J connectivity index is 1.86. The minimum Gasteiger partial charge on any atom is -0.347 e. The lowest BCUT2D eigenvalue weighted by Gasteiger charge is -2.22. The molecule has 1 aliphatic heterocycles. The molecule has 2 heterocycles. The highest BCUT2D eigenvalue weighted by Crippen LogP contribution is 2.19. The first-order valence-electron chi connectivity index (χ1n) is 6.44. The molecule has 1 aliphatic rings. The van der Waals surface area contributed by atoms with Crippen LogP contribution in [-0.4, -0.2) is 41.2 Å². The van der Waals surface area contributed by atoms with Crippen LogP contribution in [0.5, 0.6) is 0 Å². The Bertz CT molecular complexity index is 451. The third kappa shape index (κ3) is 4.06. The van der Waals surface area contributed by atoms with Gasteiger partial charge in [0.1, 0.15) is 0 Å². The van der Waals surface area contributed by atoms with E-state index >= 15 is 0 Å². The molecule has 0 aliphatic carbocycles. The average Bonchev–Trinajstić information content (AvgIpc) is 2.86. The van der Waals surface area contributed by atoms with Crippen molar-refractivity contribution in [2.45, 2.75) is 25.8 Å². The highest BCUT2D eigenvalue weighted by atomic mass is 16.2. The van der Waals surface area contributed by atoms with Gasteiger partial charge in [-0.25, -0.2) is 0 Å². The summed E-state index contributed by atoms with van der Waals surface area (Å²) in [5, 5.41) is 12.7. The fourth-order valence-electron chi connectivity index (χ4n) is 2.08. The monoisotopic (exact) mass is 265 g/mol.